The molecule has 6 rings (SSSR count). The van der Waals surface area contributed by atoms with Crippen molar-refractivity contribution in [1.82, 2.24) is 19.9 Å². The van der Waals surface area contributed by atoms with E-state index in [9.17, 15) is 0 Å². The SMILES string of the molecule is C=C(Nc1cc2cc(-c3cnc(N)s3)ccc2cn1)c1ccnc(N2CC3(CCN(C)CC3)C2)c1. The number of aromatic nitrogens is 3. The number of pyridine rings is 2. The van der Waals surface area contributed by atoms with E-state index in [-0.39, 0.29) is 0 Å². The monoisotopic (exact) mass is 483 g/mol. The smallest absolute Gasteiger partial charge is 0.180 e. The molecule has 0 unspecified atom stereocenters. The normalized spacial score (nSPS) is 17.5. The van der Waals surface area contributed by atoms with Gasteiger partial charge in [0.2, 0.25) is 0 Å². The summed E-state index contributed by atoms with van der Waals surface area (Å²) >= 11 is 1.49. The first-order chi connectivity index (χ1) is 17.0. The molecule has 0 amide bonds. The van der Waals surface area contributed by atoms with Crippen LogP contribution in [0.1, 0.15) is 18.4 Å². The minimum absolute atomic E-state index is 0.470. The highest BCUT2D eigenvalue weighted by Crippen LogP contribution is 2.42. The number of thiazole rings is 1. The third kappa shape index (κ3) is 4.35. The van der Waals surface area contributed by atoms with Crippen LogP contribution in [-0.2, 0) is 0 Å². The summed E-state index contributed by atoms with van der Waals surface area (Å²) in [4.78, 5) is 19.3. The Morgan fingerprint density at radius 1 is 1.03 bits per heavy atom. The van der Waals surface area contributed by atoms with Gasteiger partial charge in [-0.05, 0) is 68.2 Å². The van der Waals surface area contributed by atoms with Gasteiger partial charge in [0.25, 0.3) is 0 Å². The van der Waals surface area contributed by atoms with Crippen LogP contribution in [-0.4, -0.2) is 53.1 Å². The van der Waals surface area contributed by atoms with Gasteiger partial charge in [0.1, 0.15) is 11.6 Å². The van der Waals surface area contributed by atoms with Crippen molar-refractivity contribution in [3.8, 4) is 10.4 Å². The summed E-state index contributed by atoms with van der Waals surface area (Å²) in [5.74, 6) is 1.78. The number of rotatable bonds is 5. The van der Waals surface area contributed by atoms with Crippen molar-refractivity contribution in [3.05, 3.63) is 67.1 Å². The zero-order valence-corrected chi connectivity index (χ0v) is 20.7. The first-order valence-electron chi connectivity index (χ1n) is 11.9. The lowest BCUT2D eigenvalue weighted by atomic mass is 9.72. The zero-order chi connectivity index (χ0) is 24.0. The van der Waals surface area contributed by atoms with Gasteiger partial charge in [0.15, 0.2) is 5.13 Å². The van der Waals surface area contributed by atoms with Crippen molar-refractivity contribution in [2.75, 3.05) is 49.2 Å². The maximum atomic E-state index is 5.81. The van der Waals surface area contributed by atoms with Crippen LogP contribution >= 0.6 is 11.3 Å². The van der Waals surface area contributed by atoms with Gasteiger partial charge in [0, 0.05) is 53.7 Å². The van der Waals surface area contributed by atoms with Gasteiger partial charge in [-0.15, -0.1) is 0 Å². The summed E-state index contributed by atoms with van der Waals surface area (Å²) in [5.41, 5.74) is 9.21. The predicted octanol–water partition coefficient (Wildman–Crippen LogP) is 4.95. The number of hydrogen-bond acceptors (Lipinski definition) is 8. The summed E-state index contributed by atoms with van der Waals surface area (Å²) in [6.07, 6.45) is 8.13. The summed E-state index contributed by atoms with van der Waals surface area (Å²) in [6, 6.07) is 12.5. The molecule has 0 aliphatic carbocycles. The first-order valence-corrected chi connectivity index (χ1v) is 12.8. The quantitative estimate of drug-likeness (QED) is 0.415. The molecule has 4 aromatic rings. The first kappa shape index (κ1) is 22.0. The molecule has 2 aliphatic heterocycles. The van der Waals surface area contributed by atoms with Crippen LogP contribution in [0.25, 0.3) is 26.9 Å². The maximum Gasteiger partial charge on any atom is 0.180 e. The van der Waals surface area contributed by atoms with Crippen molar-refractivity contribution in [1.29, 1.82) is 0 Å². The lowest BCUT2D eigenvalue weighted by molar-refractivity contribution is 0.0900. The molecule has 2 saturated heterocycles. The fourth-order valence-electron chi connectivity index (χ4n) is 5.12. The van der Waals surface area contributed by atoms with Gasteiger partial charge >= 0.3 is 0 Å². The molecule has 178 valence electrons. The topological polar surface area (TPSA) is 83.2 Å². The molecule has 0 bridgehead atoms. The standard InChI is InChI=1S/C27H29N7S/c1-18(19-5-8-29-25(13-19)34-16-27(17-34)6-9-33(2)10-7-27)32-24-12-22-11-20(3-4-21(22)14-30-24)23-15-31-26(28)35-23/h3-5,8,11-15H,1,6-7,9-10,16-17H2,2H3,(H2,28,31)(H,30,32). The Bertz CT molecular complexity index is 1400. The van der Waals surface area contributed by atoms with Crippen molar-refractivity contribution in [2.45, 2.75) is 12.8 Å². The van der Waals surface area contributed by atoms with E-state index in [0.717, 1.165) is 57.2 Å². The van der Waals surface area contributed by atoms with Crippen LogP contribution < -0.4 is 16.0 Å². The lowest BCUT2D eigenvalue weighted by Gasteiger charge is -2.54. The third-order valence-corrected chi connectivity index (χ3v) is 8.20. The number of fused-ring (bicyclic) bond motifs is 1. The molecule has 5 heterocycles. The van der Waals surface area contributed by atoms with Gasteiger partial charge < -0.3 is 20.9 Å². The number of hydrogen-bond donors (Lipinski definition) is 2. The van der Waals surface area contributed by atoms with E-state index in [4.69, 9.17) is 5.73 Å². The Balaban J connectivity index is 1.17. The van der Waals surface area contributed by atoms with Crippen LogP contribution in [0.5, 0.6) is 0 Å². The molecule has 7 nitrogen and oxygen atoms in total. The average Bonchev–Trinajstić information content (AvgIpc) is 3.29. The summed E-state index contributed by atoms with van der Waals surface area (Å²) in [5, 5.41) is 6.14. The van der Waals surface area contributed by atoms with E-state index in [2.05, 4.69) is 74.0 Å². The summed E-state index contributed by atoms with van der Waals surface area (Å²) < 4.78 is 0. The Kier molecular flexibility index (Phi) is 5.42. The van der Waals surface area contributed by atoms with Crippen LogP contribution in [0.2, 0.25) is 0 Å². The highest BCUT2D eigenvalue weighted by atomic mass is 32.1. The number of nitrogen functional groups attached to an aromatic ring is 1. The van der Waals surface area contributed by atoms with Crippen LogP contribution in [0.3, 0.4) is 0 Å². The number of piperidine rings is 1. The van der Waals surface area contributed by atoms with Crippen molar-refractivity contribution in [3.63, 3.8) is 0 Å². The molecule has 3 N–H and O–H groups in total. The molecule has 3 aromatic heterocycles. The van der Waals surface area contributed by atoms with Crippen molar-refractivity contribution in [2.24, 2.45) is 5.41 Å². The third-order valence-electron chi connectivity index (χ3n) is 7.33. The van der Waals surface area contributed by atoms with E-state index in [1.165, 1.54) is 37.3 Å². The predicted molar refractivity (Wildman–Crippen MR) is 146 cm³/mol. The number of nitrogens with two attached hydrogens (primary N) is 1. The minimum atomic E-state index is 0.470. The highest BCUT2D eigenvalue weighted by molar-refractivity contribution is 7.18. The van der Waals surface area contributed by atoms with Crippen molar-refractivity contribution < 1.29 is 0 Å². The molecule has 35 heavy (non-hydrogen) atoms. The molecule has 0 radical (unpaired) electrons. The second-order valence-corrected chi connectivity index (χ2v) is 10.9. The van der Waals surface area contributed by atoms with E-state index in [0.29, 0.717) is 10.5 Å². The zero-order valence-electron chi connectivity index (χ0n) is 19.9. The van der Waals surface area contributed by atoms with Crippen LogP contribution in [0, 0.1) is 5.41 Å². The van der Waals surface area contributed by atoms with E-state index in [1.54, 1.807) is 0 Å². The molecule has 0 atom stereocenters. The van der Waals surface area contributed by atoms with Gasteiger partial charge in [-0.3, -0.25) is 0 Å². The van der Waals surface area contributed by atoms with Crippen molar-refractivity contribution >= 4 is 44.6 Å². The fraction of sp³-hybridized carbons (Fsp3) is 0.296. The molecule has 8 heteroatoms. The van der Waals surface area contributed by atoms with Crippen LogP contribution in [0.15, 0.2) is 61.6 Å². The molecular formula is C27H29N7S. The van der Waals surface area contributed by atoms with E-state index in [1.807, 2.05) is 24.7 Å². The largest absolute Gasteiger partial charge is 0.375 e. The molecule has 0 saturated carbocycles. The lowest BCUT2D eigenvalue weighted by Crippen LogP contribution is -2.60. The molecule has 2 aliphatic rings. The Morgan fingerprint density at radius 3 is 2.63 bits per heavy atom. The number of nitrogens with one attached hydrogen (secondary N) is 1. The second kappa shape index (κ2) is 8.62. The van der Waals surface area contributed by atoms with Gasteiger partial charge in [-0.1, -0.05) is 30.0 Å². The summed E-state index contributed by atoms with van der Waals surface area (Å²) in [6.45, 7) is 8.86. The number of likely N-dealkylation sites (tertiary alicyclic amines) is 1. The van der Waals surface area contributed by atoms with Crippen LogP contribution in [0.4, 0.5) is 16.8 Å². The average molecular weight is 484 g/mol. The number of nitrogens with zero attached hydrogens (tertiary/aromatic N) is 5. The Labute approximate surface area is 209 Å². The van der Waals surface area contributed by atoms with E-state index >= 15 is 0 Å². The number of anilines is 3. The van der Waals surface area contributed by atoms with E-state index < -0.39 is 0 Å². The minimum Gasteiger partial charge on any atom is -0.375 e. The Morgan fingerprint density at radius 2 is 1.86 bits per heavy atom. The maximum absolute atomic E-state index is 5.81. The van der Waals surface area contributed by atoms with Gasteiger partial charge in [-0.2, -0.15) is 0 Å². The summed E-state index contributed by atoms with van der Waals surface area (Å²) in [7, 11) is 2.22. The molecule has 1 aromatic carbocycles. The van der Waals surface area contributed by atoms with Gasteiger partial charge in [0.05, 0.1) is 4.88 Å². The fourth-order valence-corrected chi connectivity index (χ4v) is 5.80. The van der Waals surface area contributed by atoms with Gasteiger partial charge in [-0.25, -0.2) is 15.0 Å². The molecular weight excluding hydrogens is 454 g/mol. The molecule has 1 spiro atoms. The molecule has 2 fully saturated rings. The Hall–Kier alpha value is -3.49. The highest BCUT2D eigenvalue weighted by Gasteiger charge is 2.44. The number of benzene rings is 1. The second-order valence-electron chi connectivity index (χ2n) is 9.86.